The van der Waals surface area contributed by atoms with Crippen molar-refractivity contribution in [1.82, 2.24) is 5.32 Å². The molecule has 1 saturated carbocycles. The highest BCUT2D eigenvalue weighted by Gasteiger charge is 2.52. The van der Waals surface area contributed by atoms with E-state index in [1.807, 2.05) is 0 Å². The summed E-state index contributed by atoms with van der Waals surface area (Å²) in [4.78, 5) is 0. The number of hydrogen-bond donors (Lipinski definition) is 1. The molecule has 2 nitrogen and oxygen atoms in total. The summed E-state index contributed by atoms with van der Waals surface area (Å²) in [7, 11) is 0. The zero-order chi connectivity index (χ0) is 10.9. The van der Waals surface area contributed by atoms with Crippen LogP contribution >= 0.6 is 0 Å². The van der Waals surface area contributed by atoms with Crippen molar-refractivity contribution in [3.63, 3.8) is 0 Å². The number of nitrogens with one attached hydrogen (secondary N) is 1. The summed E-state index contributed by atoms with van der Waals surface area (Å²) >= 11 is 0. The Bertz CT molecular complexity index is 223. The average Bonchev–Trinajstić information content (AvgIpc) is 2.21. The van der Waals surface area contributed by atoms with Crippen LogP contribution in [0.3, 0.4) is 0 Å². The number of fused-ring (bicyclic) bond motifs is 10. The zero-order valence-electron chi connectivity index (χ0n) is 10.4. The zero-order valence-corrected chi connectivity index (χ0v) is 10.4. The first-order valence-corrected chi connectivity index (χ1v) is 7.20. The molecule has 0 radical (unpaired) electrons. The predicted molar refractivity (Wildman–Crippen MR) is 65.6 cm³/mol. The first kappa shape index (κ1) is 11.0. The molecule has 2 heteroatoms. The molecule has 0 aromatic heterocycles. The molecule has 0 aromatic carbocycles. The molecule has 0 aromatic rings. The Hall–Kier alpha value is -0.0800. The Morgan fingerprint density at radius 1 is 0.688 bits per heavy atom. The van der Waals surface area contributed by atoms with E-state index in [9.17, 15) is 0 Å². The summed E-state index contributed by atoms with van der Waals surface area (Å²) in [6.07, 6.45) is 13.9. The molecule has 0 amide bonds. The molecule has 16 heavy (non-hydrogen) atoms. The maximum atomic E-state index is 5.73. The van der Waals surface area contributed by atoms with Gasteiger partial charge in [0.1, 0.15) is 0 Å². The van der Waals surface area contributed by atoms with Crippen molar-refractivity contribution in [3.05, 3.63) is 0 Å². The van der Waals surface area contributed by atoms with Gasteiger partial charge in [-0.25, -0.2) is 0 Å². The van der Waals surface area contributed by atoms with Gasteiger partial charge in [0.2, 0.25) is 0 Å². The highest BCUT2D eigenvalue weighted by molar-refractivity contribution is 5.13. The SMILES string of the molecule is C1CCCC23CCOCCC(CCC1)(C2)N3. The van der Waals surface area contributed by atoms with E-state index in [1.165, 1.54) is 64.2 Å². The predicted octanol–water partition coefficient (Wildman–Crippen LogP) is 3.01. The van der Waals surface area contributed by atoms with Crippen LogP contribution in [-0.4, -0.2) is 24.3 Å². The van der Waals surface area contributed by atoms with E-state index in [1.54, 1.807) is 0 Å². The molecule has 5 aliphatic rings. The van der Waals surface area contributed by atoms with E-state index >= 15 is 0 Å². The molecule has 1 N–H and O–H groups in total. The molecule has 4 heterocycles. The lowest BCUT2D eigenvalue weighted by Gasteiger charge is -2.60. The Balaban J connectivity index is 1.72. The maximum absolute atomic E-state index is 5.73. The first-order chi connectivity index (χ1) is 7.83. The highest BCUT2D eigenvalue weighted by atomic mass is 16.5. The molecule has 2 atom stereocenters. The molecule has 0 spiro atoms. The van der Waals surface area contributed by atoms with Gasteiger partial charge in [0.15, 0.2) is 0 Å². The van der Waals surface area contributed by atoms with Gasteiger partial charge in [-0.3, -0.25) is 0 Å². The first-order valence-electron chi connectivity index (χ1n) is 7.20. The monoisotopic (exact) mass is 223 g/mol. The van der Waals surface area contributed by atoms with Crippen LogP contribution in [0.5, 0.6) is 0 Å². The maximum Gasteiger partial charge on any atom is 0.0483 e. The fraction of sp³-hybridized carbons (Fsp3) is 1.00. The minimum absolute atomic E-state index is 0.470. The molecule has 4 aliphatic heterocycles. The molecular weight excluding hydrogens is 198 g/mol. The number of hydrogen-bond acceptors (Lipinski definition) is 2. The van der Waals surface area contributed by atoms with Gasteiger partial charge in [0, 0.05) is 24.3 Å². The van der Waals surface area contributed by atoms with Gasteiger partial charge in [-0.05, 0) is 32.1 Å². The van der Waals surface area contributed by atoms with Gasteiger partial charge in [0.05, 0.1) is 0 Å². The second-order valence-corrected chi connectivity index (χ2v) is 6.24. The summed E-state index contributed by atoms with van der Waals surface area (Å²) in [5, 5.41) is 4.00. The van der Waals surface area contributed by atoms with Crippen molar-refractivity contribution in [3.8, 4) is 0 Å². The Kier molecular flexibility index (Phi) is 2.97. The summed E-state index contributed by atoms with van der Waals surface area (Å²) in [6.45, 7) is 1.95. The van der Waals surface area contributed by atoms with Gasteiger partial charge in [-0.1, -0.05) is 32.1 Å². The van der Waals surface area contributed by atoms with Crippen LogP contribution in [0.15, 0.2) is 0 Å². The standard InChI is InChI=1S/C14H25NO/c1-2-4-6-13-8-10-16-11-9-14(12-13,15-13)7-5-3-1/h15H,1-12H2. The largest absolute Gasteiger partial charge is 0.381 e. The van der Waals surface area contributed by atoms with Crippen LogP contribution in [0.1, 0.15) is 64.2 Å². The van der Waals surface area contributed by atoms with E-state index in [4.69, 9.17) is 4.74 Å². The molecule has 1 aliphatic carbocycles. The van der Waals surface area contributed by atoms with Crippen LogP contribution in [0.4, 0.5) is 0 Å². The quantitative estimate of drug-likeness (QED) is 0.681. The molecule has 5 rings (SSSR count). The van der Waals surface area contributed by atoms with Crippen LogP contribution in [-0.2, 0) is 4.74 Å². The topological polar surface area (TPSA) is 21.3 Å². The lowest BCUT2D eigenvalue weighted by atomic mass is 9.63. The molecule has 5 fully saturated rings. The minimum atomic E-state index is 0.470. The van der Waals surface area contributed by atoms with E-state index in [2.05, 4.69) is 5.32 Å². The third-order valence-corrected chi connectivity index (χ3v) is 4.97. The summed E-state index contributed by atoms with van der Waals surface area (Å²) < 4.78 is 5.73. The van der Waals surface area contributed by atoms with E-state index < -0.39 is 0 Å². The summed E-state index contributed by atoms with van der Waals surface area (Å²) in [6, 6.07) is 0. The van der Waals surface area contributed by atoms with Crippen molar-refractivity contribution in [2.75, 3.05) is 13.2 Å². The van der Waals surface area contributed by atoms with E-state index in [-0.39, 0.29) is 0 Å². The molecule has 2 unspecified atom stereocenters. The Morgan fingerprint density at radius 3 is 1.75 bits per heavy atom. The fourth-order valence-corrected chi connectivity index (χ4v) is 4.14. The number of rotatable bonds is 0. The Labute approximate surface area is 99.1 Å². The van der Waals surface area contributed by atoms with Gasteiger partial charge >= 0.3 is 0 Å². The van der Waals surface area contributed by atoms with Crippen LogP contribution in [0.25, 0.3) is 0 Å². The second kappa shape index (κ2) is 4.30. The van der Waals surface area contributed by atoms with E-state index in [0.717, 1.165) is 13.2 Å². The Morgan fingerprint density at radius 2 is 1.19 bits per heavy atom. The van der Waals surface area contributed by atoms with E-state index in [0.29, 0.717) is 11.1 Å². The molecule has 2 bridgehead atoms. The third-order valence-electron chi connectivity index (χ3n) is 4.97. The van der Waals surface area contributed by atoms with Gasteiger partial charge < -0.3 is 10.1 Å². The minimum Gasteiger partial charge on any atom is -0.381 e. The van der Waals surface area contributed by atoms with Gasteiger partial charge in [-0.15, -0.1) is 0 Å². The van der Waals surface area contributed by atoms with Crippen LogP contribution in [0, 0.1) is 0 Å². The fourth-order valence-electron chi connectivity index (χ4n) is 4.14. The third kappa shape index (κ3) is 2.02. The van der Waals surface area contributed by atoms with Gasteiger partial charge in [0.25, 0.3) is 0 Å². The summed E-state index contributed by atoms with van der Waals surface area (Å²) in [5.74, 6) is 0. The van der Waals surface area contributed by atoms with Crippen molar-refractivity contribution in [2.24, 2.45) is 0 Å². The van der Waals surface area contributed by atoms with Gasteiger partial charge in [-0.2, -0.15) is 0 Å². The molecular formula is C14H25NO. The van der Waals surface area contributed by atoms with Crippen LogP contribution < -0.4 is 5.32 Å². The lowest BCUT2D eigenvalue weighted by Crippen LogP contribution is -2.73. The smallest absolute Gasteiger partial charge is 0.0483 e. The van der Waals surface area contributed by atoms with Crippen molar-refractivity contribution >= 4 is 0 Å². The van der Waals surface area contributed by atoms with Crippen LogP contribution in [0.2, 0.25) is 0 Å². The second-order valence-electron chi connectivity index (χ2n) is 6.24. The summed E-state index contributed by atoms with van der Waals surface area (Å²) in [5.41, 5.74) is 0.940. The van der Waals surface area contributed by atoms with Crippen molar-refractivity contribution in [1.29, 1.82) is 0 Å². The molecule has 92 valence electrons. The molecule has 4 saturated heterocycles. The lowest BCUT2D eigenvalue weighted by molar-refractivity contribution is -0.0537. The van der Waals surface area contributed by atoms with Crippen molar-refractivity contribution in [2.45, 2.75) is 75.3 Å². The number of ether oxygens (including phenoxy) is 1. The highest BCUT2D eigenvalue weighted by Crippen LogP contribution is 2.46. The normalized spacial score (nSPS) is 45.0. The van der Waals surface area contributed by atoms with Crippen molar-refractivity contribution < 1.29 is 4.74 Å². The average molecular weight is 223 g/mol.